The number of hydrogen-bond donors (Lipinski definition) is 1. The van der Waals surface area contributed by atoms with Crippen LogP contribution >= 0.6 is 0 Å². The molecule has 1 fully saturated rings. The summed E-state index contributed by atoms with van der Waals surface area (Å²) in [6, 6.07) is 0.488. The number of rotatable bonds is 2. The normalized spacial score (nSPS) is 26.6. The van der Waals surface area contributed by atoms with Crippen molar-refractivity contribution in [2.45, 2.75) is 32.2 Å². The van der Waals surface area contributed by atoms with Gasteiger partial charge in [-0.25, -0.2) is 0 Å². The van der Waals surface area contributed by atoms with Crippen LogP contribution in [0.5, 0.6) is 0 Å². The molecule has 0 bridgehead atoms. The summed E-state index contributed by atoms with van der Waals surface area (Å²) in [6.45, 7) is 2.75. The summed E-state index contributed by atoms with van der Waals surface area (Å²) in [5.41, 5.74) is 0. The van der Waals surface area contributed by atoms with E-state index in [2.05, 4.69) is 5.32 Å². The van der Waals surface area contributed by atoms with Crippen molar-refractivity contribution in [1.29, 1.82) is 0 Å². The Hall–Kier alpha value is -0.370. The lowest BCUT2D eigenvalue weighted by molar-refractivity contribution is -0.117. The number of Topliss-reactive ketones (excluding diaryl/α,β-unsaturated/α-hetero) is 1. The molecule has 0 unspecified atom stereocenters. The lowest BCUT2D eigenvalue weighted by Gasteiger charge is -2.04. The molecular formula is C7H13NO. The molecule has 1 heterocycles. The summed E-state index contributed by atoms with van der Waals surface area (Å²) in [5, 5.41) is 3.27. The summed E-state index contributed by atoms with van der Waals surface area (Å²) in [6.07, 6.45) is 3.14. The Morgan fingerprint density at radius 2 is 2.56 bits per heavy atom. The first-order valence-corrected chi connectivity index (χ1v) is 3.52. The molecule has 0 spiro atoms. The Labute approximate surface area is 55.6 Å². The fourth-order valence-electron chi connectivity index (χ4n) is 1.28. The third-order valence-corrected chi connectivity index (χ3v) is 1.70. The number of ketones is 1. The van der Waals surface area contributed by atoms with Crippen molar-refractivity contribution in [2.75, 3.05) is 6.54 Å². The smallest absolute Gasteiger partial charge is 0.131 e. The van der Waals surface area contributed by atoms with Crippen LogP contribution in [0.4, 0.5) is 0 Å². The highest BCUT2D eigenvalue weighted by Crippen LogP contribution is 2.08. The van der Waals surface area contributed by atoms with E-state index in [9.17, 15) is 4.79 Å². The zero-order chi connectivity index (χ0) is 6.69. The molecule has 0 saturated carbocycles. The number of hydrogen-bond acceptors (Lipinski definition) is 2. The molecule has 1 atom stereocenters. The lowest BCUT2D eigenvalue weighted by atomic mass is 10.1. The van der Waals surface area contributed by atoms with Crippen LogP contribution in [0.3, 0.4) is 0 Å². The van der Waals surface area contributed by atoms with Gasteiger partial charge in [0.15, 0.2) is 0 Å². The molecule has 0 aromatic rings. The van der Waals surface area contributed by atoms with E-state index in [-0.39, 0.29) is 0 Å². The van der Waals surface area contributed by atoms with Gasteiger partial charge in [0.25, 0.3) is 0 Å². The summed E-state index contributed by atoms with van der Waals surface area (Å²) in [7, 11) is 0. The minimum Gasteiger partial charge on any atom is -0.314 e. The molecule has 1 rings (SSSR count). The van der Waals surface area contributed by atoms with Crippen LogP contribution in [0.1, 0.15) is 26.2 Å². The van der Waals surface area contributed by atoms with Crippen molar-refractivity contribution < 1.29 is 4.79 Å². The van der Waals surface area contributed by atoms with Gasteiger partial charge in [-0.3, -0.25) is 4.79 Å². The van der Waals surface area contributed by atoms with Gasteiger partial charge in [-0.05, 0) is 26.3 Å². The van der Waals surface area contributed by atoms with Crippen LogP contribution in [-0.2, 0) is 4.79 Å². The minimum absolute atomic E-state index is 0.300. The van der Waals surface area contributed by atoms with Crippen molar-refractivity contribution in [3.05, 3.63) is 0 Å². The molecule has 0 aliphatic carbocycles. The van der Waals surface area contributed by atoms with E-state index < -0.39 is 0 Å². The van der Waals surface area contributed by atoms with Gasteiger partial charge in [0.2, 0.25) is 0 Å². The van der Waals surface area contributed by atoms with E-state index in [1.54, 1.807) is 6.92 Å². The Bertz CT molecular complexity index is 105. The van der Waals surface area contributed by atoms with Crippen LogP contribution in [-0.4, -0.2) is 18.4 Å². The minimum atomic E-state index is 0.300. The average molecular weight is 127 g/mol. The molecule has 0 aromatic carbocycles. The van der Waals surface area contributed by atoms with E-state index in [4.69, 9.17) is 0 Å². The highest BCUT2D eigenvalue weighted by Gasteiger charge is 2.14. The molecule has 2 nitrogen and oxygen atoms in total. The molecular weight excluding hydrogens is 114 g/mol. The van der Waals surface area contributed by atoms with Crippen LogP contribution in [0.2, 0.25) is 0 Å². The van der Waals surface area contributed by atoms with Gasteiger partial charge in [0.1, 0.15) is 5.78 Å². The zero-order valence-electron chi connectivity index (χ0n) is 5.81. The third-order valence-electron chi connectivity index (χ3n) is 1.70. The maximum Gasteiger partial charge on any atom is 0.131 e. The van der Waals surface area contributed by atoms with E-state index in [0.29, 0.717) is 11.8 Å². The summed E-state index contributed by atoms with van der Waals surface area (Å²) < 4.78 is 0. The summed E-state index contributed by atoms with van der Waals surface area (Å²) >= 11 is 0. The molecule has 1 aliphatic rings. The first-order valence-electron chi connectivity index (χ1n) is 3.52. The molecule has 9 heavy (non-hydrogen) atoms. The van der Waals surface area contributed by atoms with Crippen molar-refractivity contribution in [3.8, 4) is 0 Å². The first kappa shape index (κ1) is 6.75. The quantitative estimate of drug-likeness (QED) is 0.592. The average Bonchev–Trinajstić information content (AvgIpc) is 2.15. The van der Waals surface area contributed by atoms with Gasteiger partial charge in [-0.1, -0.05) is 0 Å². The monoisotopic (exact) mass is 127 g/mol. The maximum atomic E-state index is 10.6. The van der Waals surface area contributed by atoms with Crippen LogP contribution in [0.15, 0.2) is 0 Å². The topological polar surface area (TPSA) is 29.1 Å². The molecule has 0 radical (unpaired) electrons. The number of carbonyl (C=O) groups is 1. The fourth-order valence-corrected chi connectivity index (χ4v) is 1.28. The molecule has 52 valence electrons. The Morgan fingerprint density at radius 1 is 1.78 bits per heavy atom. The van der Waals surface area contributed by atoms with E-state index in [1.165, 1.54) is 12.8 Å². The second-order valence-corrected chi connectivity index (χ2v) is 2.70. The second-order valence-electron chi connectivity index (χ2n) is 2.70. The van der Waals surface area contributed by atoms with Gasteiger partial charge in [-0.2, -0.15) is 0 Å². The highest BCUT2D eigenvalue weighted by atomic mass is 16.1. The molecule has 1 N–H and O–H groups in total. The Morgan fingerprint density at radius 3 is 3.00 bits per heavy atom. The largest absolute Gasteiger partial charge is 0.314 e. The molecule has 0 amide bonds. The summed E-state index contributed by atoms with van der Waals surface area (Å²) in [5.74, 6) is 0.300. The van der Waals surface area contributed by atoms with Gasteiger partial charge >= 0.3 is 0 Å². The Kier molecular flexibility index (Phi) is 2.22. The standard InChI is InChI=1S/C7H13NO/c1-6(9)5-7-3-2-4-8-7/h7-8H,2-5H2,1H3/t7-/m0/s1. The van der Waals surface area contributed by atoms with Gasteiger partial charge in [0, 0.05) is 12.5 Å². The van der Waals surface area contributed by atoms with Crippen molar-refractivity contribution in [1.82, 2.24) is 5.32 Å². The molecule has 1 saturated heterocycles. The molecule has 0 aromatic heterocycles. The predicted molar refractivity (Wildman–Crippen MR) is 36.3 cm³/mol. The van der Waals surface area contributed by atoms with Crippen molar-refractivity contribution >= 4 is 5.78 Å². The predicted octanol–water partition coefficient (Wildman–Crippen LogP) is 0.718. The fraction of sp³-hybridized carbons (Fsp3) is 0.857. The summed E-state index contributed by atoms with van der Waals surface area (Å²) in [4.78, 5) is 10.6. The van der Waals surface area contributed by atoms with Crippen molar-refractivity contribution in [2.24, 2.45) is 0 Å². The number of carbonyl (C=O) groups excluding carboxylic acids is 1. The lowest BCUT2D eigenvalue weighted by Crippen LogP contribution is -2.23. The number of nitrogens with one attached hydrogen (secondary N) is 1. The Balaban J connectivity index is 2.19. The van der Waals surface area contributed by atoms with E-state index >= 15 is 0 Å². The SMILES string of the molecule is CC(=O)C[C@@H]1CCCN1. The van der Waals surface area contributed by atoms with Gasteiger partial charge in [-0.15, -0.1) is 0 Å². The van der Waals surface area contributed by atoms with Gasteiger partial charge < -0.3 is 5.32 Å². The first-order chi connectivity index (χ1) is 4.29. The maximum absolute atomic E-state index is 10.6. The molecule has 2 heteroatoms. The third kappa shape index (κ3) is 2.14. The highest BCUT2D eigenvalue weighted by molar-refractivity contribution is 5.76. The van der Waals surface area contributed by atoms with Crippen LogP contribution < -0.4 is 5.32 Å². The van der Waals surface area contributed by atoms with Crippen molar-refractivity contribution in [3.63, 3.8) is 0 Å². The van der Waals surface area contributed by atoms with Gasteiger partial charge in [0.05, 0.1) is 0 Å². The zero-order valence-corrected chi connectivity index (χ0v) is 5.81. The van der Waals surface area contributed by atoms with E-state index in [0.717, 1.165) is 13.0 Å². The van der Waals surface area contributed by atoms with Crippen LogP contribution in [0.25, 0.3) is 0 Å². The molecule has 1 aliphatic heterocycles. The van der Waals surface area contributed by atoms with E-state index in [1.807, 2.05) is 0 Å². The van der Waals surface area contributed by atoms with Crippen LogP contribution in [0, 0.1) is 0 Å². The second kappa shape index (κ2) is 2.97.